The molecule has 1 fully saturated rings. The van der Waals surface area contributed by atoms with E-state index < -0.39 is 0 Å². The molecule has 2 aromatic carbocycles. The minimum absolute atomic E-state index is 0.0234. The maximum Gasteiger partial charge on any atom is 0.127 e. The summed E-state index contributed by atoms with van der Waals surface area (Å²) in [5.74, 6) is 0.667. The number of benzene rings is 2. The first-order valence-corrected chi connectivity index (χ1v) is 9.64. The van der Waals surface area contributed by atoms with Crippen molar-refractivity contribution in [2.45, 2.75) is 32.0 Å². The summed E-state index contributed by atoms with van der Waals surface area (Å²) >= 11 is 0. The fourth-order valence-electron chi connectivity index (χ4n) is 3.67. The maximum absolute atomic E-state index is 13.9. The first-order chi connectivity index (χ1) is 13.2. The van der Waals surface area contributed by atoms with Gasteiger partial charge in [0, 0.05) is 31.2 Å². The van der Waals surface area contributed by atoms with E-state index >= 15 is 0 Å². The van der Waals surface area contributed by atoms with Gasteiger partial charge in [0.1, 0.15) is 18.2 Å². The van der Waals surface area contributed by atoms with Crippen LogP contribution in [0.3, 0.4) is 0 Å². The number of aliphatic hydroxyl groups is 1. The highest BCUT2D eigenvalue weighted by Crippen LogP contribution is 2.20. The lowest BCUT2D eigenvalue weighted by Gasteiger charge is -2.37. The van der Waals surface area contributed by atoms with Gasteiger partial charge in [0.2, 0.25) is 0 Å². The first kappa shape index (κ1) is 19.8. The van der Waals surface area contributed by atoms with Crippen molar-refractivity contribution in [3.8, 4) is 5.75 Å². The van der Waals surface area contributed by atoms with Crippen molar-refractivity contribution >= 4 is 0 Å². The molecule has 3 rings (SSSR count). The highest BCUT2D eigenvalue weighted by atomic mass is 19.1. The second-order valence-electron chi connectivity index (χ2n) is 7.25. The van der Waals surface area contributed by atoms with Crippen molar-refractivity contribution in [1.82, 2.24) is 9.80 Å². The summed E-state index contributed by atoms with van der Waals surface area (Å²) in [5.41, 5.74) is 2.01. The highest BCUT2D eigenvalue weighted by molar-refractivity contribution is 5.27. The molecule has 1 aliphatic heterocycles. The van der Waals surface area contributed by atoms with Gasteiger partial charge in [-0.25, -0.2) is 4.39 Å². The fourth-order valence-corrected chi connectivity index (χ4v) is 3.67. The standard InChI is InChI=1S/C22H29FN2O2/c1-24(15-18-8-10-21(11-9-18)27-14-13-26)20-6-4-12-25(17-20)16-19-5-2-3-7-22(19)23/h2-3,5,7-11,20,26H,4,6,12-17H2,1H3. The molecule has 0 aliphatic carbocycles. The Morgan fingerprint density at radius 1 is 1.19 bits per heavy atom. The third kappa shape index (κ3) is 5.76. The van der Waals surface area contributed by atoms with Crippen LogP contribution in [-0.2, 0) is 13.1 Å². The molecular formula is C22H29FN2O2. The van der Waals surface area contributed by atoms with Crippen LogP contribution >= 0.6 is 0 Å². The molecule has 1 saturated heterocycles. The summed E-state index contributed by atoms with van der Waals surface area (Å²) in [4.78, 5) is 4.74. The van der Waals surface area contributed by atoms with Gasteiger partial charge in [0.15, 0.2) is 0 Å². The Morgan fingerprint density at radius 2 is 1.96 bits per heavy atom. The van der Waals surface area contributed by atoms with Crippen molar-refractivity contribution in [1.29, 1.82) is 0 Å². The van der Waals surface area contributed by atoms with Crippen molar-refractivity contribution < 1.29 is 14.2 Å². The van der Waals surface area contributed by atoms with Crippen LogP contribution in [0.1, 0.15) is 24.0 Å². The van der Waals surface area contributed by atoms with Gasteiger partial charge in [-0.05, 0) is 50.2 Å². The van der Waals surface area contributed by atoms with Gasteiger partial charge in [0.05, 0.1) is 6.61 Å². The zero-order valence-electron chi connectivity index (χ0n) is 16.0. The van der Waals surface area contributed by atoms with Crippen molar-refractivity contribution in [2.75, 3.05) is 33.4 Å². The Balaban J connectivity index is 1.53. The van der Waals surface area contributed by atoms with E-state index in [0.717, 1.165) is 37.4 Å². The summed E-state index contributed by atoms with van der Waals surface area (Å²) in [6.45, 7) is 3.87. The smallest absolute Gasteiger partial charge is 0.127 e. The molecule has 0 amide bonds. The summed E-state index contributed by atoms with van der Waals surface area (Å²) in [6, 6.07) is 15.6. The number of rotatable bonds is 8. The topological polar surface area (TPSA) is 35.9 Å². The van der Waals surface area contributed by atoms with E-state index in [1.807, 2.05) is 24.3 Å². The minimum atomic E-state index is -0.114. The number of aliphatic hydroxyl groups excluding tert-OH is 1. The lowest BCUT2D eigenvalue weighted by molar-refractivity contribution is 0.106. The molecule has 1 atom stereocenters. The molecule has 4 nitrogen and oxygen atoms in total. The SMILES string of the molecule is CN(Cc1ccc(OCCO)cc1)C1CCCN(Cc2ccccc2F)C1. The molecule has 1 N–H and O–H groups in total. The number of ether oxygens (including phenoxy) is 1. The quantitative estimate of drug-likeness (QED) is 0.771. The van der Waals surface area contributed by atoms with E-state index in [-0.39, 0.29) is 12.4 Å². The molecule has 2 aromatic rings. The van der Waals surface area contributed by atoms with E-state index in [0.29, 0.717) is 19.2 Å². The molecule has 1 aliphatic rings. The largest absolute Gasteiger partial charge is 0.491 e. The van der Waals surface area contributed by atoms with Crippen LogP contribution < -0.4 is 4.74 Å². The molecule has 1 unspecified atom stereocenters. The van der Waals surface area contributed by atoms with Crippen LogP contribution in [0, 0.1) is 5.82 Å². The number of piperidine rings is 1. The molecule has 0 spiro atoms. The molecule has 0 aromatic heterocycles. The fraction of sp³-hybridized carbons (Fsp3) is 0.455. The molecule has 0 radical (unpaired) electrons. The van der Waals surface area contributed by atoms with E-state index in [2.05, 4.69) is 29.0 Å². The third-order valence-corrected chi connectivity index (χ3v) is 5.17. The van der Waals surface area contributed by atoms with Gasteiger partial charge in [-0.1, -0.05) is 30.3 Å². The Bertz CT molecular complexity index is 708. The first-order valence-electron chi connectivity index (χ1n) is 9.64. The van der Waals surface area contributed by atoms with Crippen LogP contribution in [0.25, 0.3) is 0 Å². The second-order valence-corrected chi connectivity index (χ2v) is 7.25. The molecule has 27 heavy (non-hydrogen) atoms. The van der Waals surface area contributed by atoms with Gasteiger partial charge in [-0.2, -0.15) is 0 Å². The van der Waals surface area contributed by atoms with Gasteiger partial charge in [-0.3, -0.25) is 9.80 Å². The number of likely N-dealkylation sites (N-methyl/N-ethyl adjacent to an activating group) is 1. The van der Waals surface area contributed by atoms with Crippen molar-refractivity contribution in [3.05, 3.63) is 65.5 Å². The monoisotopic (exact) mass is 372 g/mol. The number of hydrogen-bond donors (Lipinski definition) is 1. The van der Waals surface area contributed by atoms with Crippen LogP contribution in [0.5, 0.6) is 5.75 Å². The van der Waals surface area contributed by atoms with E-state index in [1.165, 1.54) is 18.1 Å². The average Bonchev–Trinajstić information content (AvgIpc) is 2.69. The molecule has 5 heteroatoms. The lowest BCUT2D eigenvalue weighted by Crippen LogP contribution is -2.45. The average molecular weight is 372 g/mol. The molecular weight excluding hydrogens is 343 g/mol. The van der Waals surface area contributed by atoms with E-state index in [9.17, 15) is 4.39 Å². The Kier molecular flexibility index (Phi) is 7.21. The van der Waals surface area contributed by atoms with Gasteiger partial charge in [0.25, 0.3) is 0 Å². The molecule has 0 bridgehead atoms. The molecule has 146 valence electrons. The number of nitrogens with zero attached hydrogens (tertiary/aromatic N) is 2. The zero-order chi connectivity index (χ0) is 19.1. The van der Waals surface area contributed by atoms with Gasteiger partial charge >= 0.3 is 0 Å². The van der Waals surface area contributed by atoms with Crippen LogP contribution in [0.2, 0.25) is 0 Å². The Morgan fingerprint density at radius 3 is 2.70 bits per heavy atom. The van der Waals surface area contributed by atoms with E-state index in [1.54, 1.807) is 6.07 Å². The van der Waals surface area contributed by atoms with Crippen LogP contribution in [0.4, 0.5) is 4.39 Å². The van der Waals surface area contributed by atoms with Gasteiger partial charge in [-0.15, -0.1) is 0 Å². The lowest BCUT2D eigenvalue weighted by atomic mass is 10.0. The van der Waals surface area contributed by atoms with Crippen molar-refractivity contribution in [2.24, 2.45) is 0 Å². The number of likely N-dealkylation sites (tertiary alicyclic amines) is 1. The summed E-state index contributed by atoms with van der Waals surface area (Å²) in [6.07, 6.45) is 2.30. The molecule has 0 saturated carbocycles. The summed E-state index contributed by atoms with van der Waals surface area (Å²) < 4.78 is 19.3. The number of hydrogen-bond acceptors (Lipinski definition) is 4. The predicted octanol–water partition coefficient (Wildman–Crippen LogP) is 3.29. The van der Waals surface area contributed by atoms with E-state index in [4.69, 9.17) is 9.84 Å². The van der Waals surface area contributed by atoms with Crippen LogP contribution in [0.15, 0.2) is 48.5 Å². The number of halogens is 1. The minimum Gasteiger partial charge on any atom is -0.491 e. The normalized spacial score (nSPS) is 18.0. The maximum atomic E-state index is 13.9. The van der Waals surface area contributed by atoms with Crippen LogP contribution in [-0.4, -0.2) is 54.3 Å². The predicted molar refractivity (Wildman–Crippen MR) is 105 cm³/mol. The van der Waals surface area contributed by atoms with Crippen molar-refractivity contribution in [3.63, 3.8) is 0 Å². The summed E-state index contributed by atoms with van der Waals surface area (Å²) in [7, 11) is 2.16. The van der Waals surface area contributed by atoms with Gasteiger partial charge < -0.3 is 9.84 Å². The Labute approximate surface area is 161 Å². The Hall–Kier alpha value is -1.95. The zero-order valence-corrected chi connectivity index (χ0v) is 16.0. The third-order valence-electron chi connectivity index (χ3n) is 5.17. The second kappa shape index (κ2) is 9.83. The highest BCUT2D eigenvalue weighted by Gasteiger charge is 2.23. The summed E-state index contributed by atoms with van der Waals surface area (Å²) in [5, 5.41) is 8.82. The molecule has 1 heterocycles.